The number of nitrogens with one attached hydrogen (secondary N) is 1. The Hall–Kier alpha value is -2.22. The zero-order valence-electron chi connectivity index (χ0n) is 12.0. The minimum Gasteiger partial charge on any atom is -0.355 e. The normalized spacial score (nSPS) is 18.5. The fourth-order valence-electron chi connectivity index (χ4n) is 2.68. The SMILES string of the molecule is Cc1nc(C2CCCN(c3ncc([N+](=O)[O-])cc3Cl)C2)n[nH]1. The molecule has 0 spiro atoms. The first-order valence-electron chi connectivity index (χ1n) is 6.98. The van der Waals surface area contributed by atoms with E-state index in [4.69, 9.17) is 11.6 Å². The molecule has 0 aromatic carbocycles. The van der Waals surface area contributed by atoms with Gasteiger partial charge in [-0.15, -0.1) is 0 Å². The lowest BCUT2D eigenvalue weighted by molar-refractivity contribution is -0.385. The lowest BCUT2D eigenvalue weighted by atomic mass is 9.97. The molecule has 2 aromatic heterocycles. The number of hydrogen-bond donors (Lipinski definition) is 1. The zero-order valence-corrected chi connectivity index (χ0v) is 12.7. The highest BCUT2D eigenvalue weighted by Crippen LogP contribution is 2.32. The number of aromatic amines is 1. The highest BCUT2D eigenvalue weighted by Gasteiger charge is 2.26. The van der Waals surface area contributed by atoms with Crippen LogP contribution in [0.3, 0.4) is 0 Å². The minimum absolute atomic E-state index is 0.105. The molecule has 1 aliphatic heterocycles. The van der Waals surface area contributed by atoms with Crippen molar-refractivity contribution in [1.82, 2.24) is 20.2 Å². The predicted octanol–water partition coefficient (Wildman–Crippen LogP) is 2.45. The van der Waals surface area contributed by atoms with E-state index in [9.17, 15) is 10.1 Å². The summed E-state index contributed by atoms with van der Waals surface area (Å²) in [6, 6.07) is 1.34. The van der Waals surface area contributed by atoms with Crippen LogP contribution in [0.5, 0.6) is 0 Å². The van der Waals surface area contributed by atoms with Crippen LogP contribution in [0.2, 0.25) is 5.02 Å². The summed E-state index contributed by atoms with van der Waals surface area (Å²) in [6.45, 7) is 3.37. The number of halogens is 1. The number of H-pyrrole nitrogens is 1. The maximum atomic E-state index is 10.8. The molecule has 116 valence electrons. The first-order chi connectivity index (χ1) is 10.5. The molecule has 0 aliphatic carbocycles. The summed E-state index contributed by atoms with van der Waals surface area (Å²) in [5.74, 6) is 2.36. The number of aromatic nitrogens is 4. The van der Waals surface area contributed by atoms with Gasteiger partial charge in [-0.2, -0.15) is 5.10 Å². The number of nitrogens with zero attached hydrogens (tertiary/aromatic N) is 5. The lowest BCUT2D eigenvalue weighted by Gasteiger charge is -2.32. The lowest BCUT2D eigenvalue weighted by Crippen LogP contribution is -2.35. The van der Waals surface area contributed by atoms with Crippen molar-refractivity contribution in [2.45, 2.75) is 25.7 Å². The summed E-state index contributed by atoms with van der Waals surface area (Å²) < 4.78 is 0. The predicted molar refractivity (Wildman–Crippen MR) is 81.2 cm³/mol. The zero-order chi connectivity index (χ0) is 15.7. The van der Waals surface area contributed by atoms with Gasteiger partial charge in [0, 0.05) is 25.1 Å². The Kier molecular flexibility index (Phi) is 3.93. The maximum absolute atomic E-state index is 10.8. The van der Waals surface area contributed by atoms with E-state index < -0.39 is 4.92 Å². The Morgan fingerprint density at radius 3 is 3.00 bits per heavy atom. The summed E-state index contributed by atoms with van der Waals surface area (Å²) >= 11 is 6.16. The highest BCUT2D eigenvalue weighted by molar-refractivity contribution is 6.33. The molecule has 1 fully saturated rings. The number of piperidine rings is 1. The molecule has 0 bridgehead atoms. The topological polar surface area (TPSA) is 101 Å². The third kappa shape index (κ3) is 2.87. The molecule has 1 unspecified atom stereocenters. The Bertz CT molecular complexity index is 704. The van der Waals surface area contributed by atoms with Crippen molar-refractivity contribution in [2.75, 3.05) is 18.0 Å². The molecule has 0 amide bonds. The monoisotopic (exact) mass is 322 g/mol. The van der Waals surface area contributed by atoms with Gasteiger partial charge < -0.3 is 4.90 Å². The molecule has 3 heterocycles. The van der Waals surface area contributed by atoms with Gasteiger partial charge >= 0.3 is 0 Å². The number of hydrogen-bond acceptors (Lipinski definition) is 6. The average Bonchev–Trinajstić information content (AvgIpc) is 2.94. The van der Waals surface area contributed by atoms with Gasteiger partial charge in [-0.05, 0) is 19.8 Å². The van der Waals surface area contributed by atoms with Crippen LogP contribution in [-0.2, 0) is 0 Å². The van der Waals surface area contributed by atoms with Crippen molar-refractivity contribution >= 4 is 23.1 Å². The molecular weight excluding hydrogens is 308 g/mol. The summed E-state index contributed by atoms with van der Waals surface area (Å²) in [6.07, 6.45) is 3.20. The standard InChI is InChI=1S/C13H15ClN6O2/c1-8-16-12(18-17-8)9-3-2-4-19(7-9)13-11(14)5-10(6-15-13)20(21)22/h5-6,9H,2-4,7H2,1H3,(H,16,17,18). The summed E-state index contributed by atoms with van der Waals surface area (Å²) in [7, 11) is 0. The first kappa shape index (κ1) is 14.7. The maximum Gasteiger partial charge on any atom is 0.289 e. The highest BCUT2D eigenvalue weighted by atomic mass is 35.5. The van der Waals surface area contributed by atoms with E-state index in [1.54, 1.807) is 0 Å². The van der Waals surface area contributed by atoms with Crippen LogP contribution in [0, 0.1) is 17.0 Å². The number of anilines is 1. The summed E-state index contributed by atoms with van der Waals surface area (Å²) in [4.78, 5) is 20.8. The molecule has 1 saturated heterocycles. The van der Waals surface area contributed by atoms with E-state index in [0.29, 0.717) is 17.4 Å². The molecule has 22 heavy (non-hydrogen) atoms. The second-order valence-electron chi connectivity index (χ2n) is 5.32. The van der Waals surface area contributed by atoms with Crippen LogP contribution in [-0.4, -0.2) is 38.2 Å². The summed E-state index contributed by atoms with van der Waals surface area (Å²) in [5.41, 5.74) is -0.105. The molecule has 2 aromatic rings. The Balaban J connectivity index is 1.81. The van der Waals surface area contributed by atoms with Crippen LogP contribution in [0.15, 0.2) is 12.3 Å². The van der Waals surface area contributed by atoms with Gasteiger partial charge in [0.15, 0.2) is 5.82 Å². The van der Waals surface area contributed by atoms with Crippen LogP contribution in [0.25, 0.3) is 0 Å². The van der Waals surface area contributed by atoms with Gasteiger partial charge in [0.1, 0.15) is 17.8 Å². The van der Waals surface area contributed by atoms with Crippen molar-refractivity contribution in [3.8, 4) is 0 Å². The largest absolute Gasteiger partial charge is 0.355 e. The van der Waals surface area contributed by atoms with Gasteiger partial charge in [0.25, 0.3) is 5.69 Å². The third-order valence-corrected chi connectivity index (χ3v) is 4.00. The van der Waals surface area contributed by atoms with Gasteiger partial charge in [-0.25, -0.2) is 9.97 Å². The van der Waals surface area contributed by atoms with Crippen molar-refractivity contribution in [3.05, 3.63) is 39.0 Å². The van der Waals surface area contributed by atoms with E-state index in [1.165, 1.54) is 12.3 Å². The number of aryl methyl sites for hydroxylation is 1. The molecule has 8 nitrogen and oxygen atoms in total. The van der Waals surface area contributed by atoms with E-state index in [0.717, 1.165) is 31.0 Å². The molecule has 1 aliphatic rings. The van der Waals surface area contributed by atoms with Crippen LogP contribution in [0.4, 0.5) is 11.5 Å². The fraction of sp³-hybridized carbons (Fsp3) is 0.462. The third-order valence-electron chi connectivity index (χ3n) is 3.72. The van der Waals surface area contributed by atoms with Gasteiger partial charge in [0.05, 0.1) is 9.95 Å². The van der Waals surface area contributed by atoms with Gasteiger partial charge in [-0.1, -0.05) is 11.6 Å². The van der Waals surface area contributed by atoms with E-state index in [2.05, 4.69) is 20.2 Å². The van der Waals surface area contributed by atoms with Crippen molar-refractivity contribution < 1.29 is 4.92 Å². The van der Waals surface area contributed by atoms with Crippen molar-refractivity contribution in [3.63, 3.8) is 0 Å². The molecule has 1 N–H and O–H groups in total. The molecule has 0 radical (unpaired) electrons. The second-order valence-corrected chi connectivity index (χ2v) is 5.73. The Labute approximate surface area is 131 Å². The first-order valence-corrected chi connectivity index (χ1v) is 7.36. The number of pyridine rings is 1. The molecule has 3 rings (SSSR count). The molecular formula is C13H15ClN6O2. The van der Waals surface area contributed by atoms with Crippen LogP contribution >= 0.6 is 11.6 Å². The Morgan fingerprint density at radius 2 is 2.36 bits per heavy atom. The number of rotatable bonds is 3. The van der Waals surface area contributed by atoms with Crippen molar-refractivity contribution in [2.24, 2.45) is 0 Å². The molecule has 1 atom stereocenters. The summed E-state index contributed by atoms with van der Waals surface area (Å²) in [5, 5.41) is 18.1. The smallest absolute Gasteiger partial charge is 0.289 e. The fourth-order valence-corrected chi connectivity index (χ4v) is 2.96. The molecule has 9 heteroatoms. The minimum atomic E-state index is -0.502. The van der Waals surface area contributed by atoms with E-state index in [1.807, 2.05) is 11.8 Å². The number of nitro groups is 1. The quantitative estimate of drug-likeness (QED) is 0.688. The van der Waals surface area contributed by atoms with E-state index in [-0.39, 0.29) is 11.6 Å². The van der Waals surface area contributed by atoms with E-state index >= 15 is 0 Å². The average molecular weight is 323 g/mol. The van der Waals surface area contributed by atoms with Crippen LogP contribution in [0.1, 0.15) is 30.4 Å². The Morgan fingerprint density at radius 1 is 1.55 bits per heavy atom. The van der Waals surface area contributed by atoms with Gasteiger partial charge in [-0.3, -0.25) is 15.2 Å². The van der Waals surface area contributed by atoms with Gasteiger partial charge in [0.2, 0.25) is 0 Å². The van der Waals surface area contributed by atoms with Crippen molar-refractivity contribution in [1.29, 1.82) is 0 Å². The van der Waals surface area contributed by atoms with Crippen LogP contribution < -0.4 is 4.90 Å². The second kappa shape index (κ2) is 5.88. The molecule has 0 saturated carbocycles.